The lowest BCUT2D eigenvalue weighted by Crippen LogP contribution is -2.28. The van der Waals surface area contributed by atoms with E-state index < -0.39 is 0 Å². The van der Waals surface area contributed by atoms with Crippen molar-refractivity contribution in [3.05, 3.63) is 0 Å². The third kappa shape index (κ3) is 2.61. The number of aliphatic hydroxyl groups excluding tert-OH is 1. The van der Waals surface area contributed by atoms with Crippen LogP contribution in [0.3, 0.4) is 0 Å². The molecule has 16 heavy (non-hydrogen) atoms. The molecule has 0 heterocycles. The molecule has 0 saturated heterocycles. The summed E-state index contributed by atoms with van der Waals surface area (Å²) in [6, 6.07) is 0.330. The van der Waals surface area contributed by atoms with E-state index in [1.807, 2.05) is 6.82 Å². The van der Waals surface area contributed by atoms with Gasteiger partial charge in [0.15, 0.2) is 0 Å². The predicted octanol–water partition coefficient (Wildman–Crippen LogP) is 1.11. The van der Waals surface area contributed by atoms with Crippen LogP contribution in [-0.4, -0.2) is 29.2 Å². The summed E-state index contributed by atoms with van der Waals surface area (Å²) < 4.78 is 0. The molecular weight excluding hydrogens is 201 g/mol. The molecule has 0 amide bonds. The molecule has 2 rings (SSSR count). The first kappa shape index (κ1) is 12.4. The number of fused-ring (bicyclic) bond motifs is 1. The minimum atomic E-state index is -0.192. The highest BCUT2D eigenvalue weighted by atomic mass is 16.3. The quantitative estimate of drug-likeness (QED) is 0.628. The molecule has 2 fully saturated rings. The SMILES string of the molecule is CB(O)CCCC1C(N)CC2CC(O)CC21. The Labute approximate surface area is 98.5 Å². The third-order valence-electron chi connectivity index (χ3n) is 4.56. The minimum absolute atomic E-state index is 0.0817. The van der Waals surface area contributed by atoms with Crippen molar-refractivity contribution in [2.45, 2.75) is 57.4 Å². The van der Waals surface area contributed by atoms with E-state index in [1.165, 1.54) is 0 Å². The fraction of sp³-hybridized carbons (Fsp3) is 1.00. The van der Waals surface area contributed by atoms with Gasteiger partial charge in [0, 0.05) is 6.04 Å². The highest BCUT2D eigenvalue weighted by Gasteiger charge is 2.46. The summed E-state index contributed by atoms with van der Waals surface area (Å²) in [6.07, 6.45) is 6.00. The molecule has 0 bridgehead atoms. The Hall–Kier alpha value is -0.0551. The van der Waals surface area contributed by atoms with Gasteiger partial charge < -0.3 is 15.9 Å². The number of rotatable bonds is 4. The normalized spacial score (nSPS) is 42.4. The molecule has 4 N–H and O–H groups in total. The summed E-state index contributed by atoms with van der Waals surface area (Å²) in [5.74, 6) is 1.90. The summed E-state index contributed by atoms with van der Waals surface area (Å²) in [6.45, 7) is 1.65. The van der Waals surface area contributed by atoms with E-state index in [4.69, 9.17) is 5.73 Å². The molecule has 5 atom stereocenters. The molecule has 92 valence electrons. The lowest BCUT2D eigenvalue weighted by atomic mass is 9.66. The van der Waals surface area contributed by atoms with Gasteiger partial charge in [-0.15, -0.1) is 0 Å². The molecule has 0 aromatic carbocycles. The molecule has 3 nitrogen and oxygen atoms in total. The topological polar surface area (TPSA) is 66.5 Å². The minimum Gasteiger partial charge on any atom is -0.451 e. The first-order chi connectivity index (χ1) is 7.58. The second-order valence-corrected chi connectivity index (χ2v) is 5.89. The van der Waals surface area contributed by atoms with E-state index in [0.717, 1.165) is 38.4 Å². The Morgan fingerprint density at radius 2 is 2.06 bits per heavy atom. The molecule has 0 aliphatic heterocycles. The van der Waals surface area contributed by atoms with Crippen molar-refractivity contribution in [3.63, 3.8) is 0 Å². The van der Waals surface area contributed by atoms with E-state index in [0.29, 0.717) is 23.8 Å². The first-order valence-corrected chi connectivity index (χ1v) is 6.69. The zero-order valence-corrected chi connectivity index (χ0v) is 10.2. The Morgan fingerprint density at radius 1 is 1.31 bits per heavy atom. The van der Waals surface area contributed by atoms with Crippen molar-refractivity contribution in [3.8, 4) is 0 Å². The van der Waals surface area contributed by atoms with E-state index in [2.05, 4.69) is 0 Å². The fourth-order valence-electron chi connectivity index (χ4n) is 3.84. The number of aliphatic hydroxyl groups is 1. The van der Waals surface area contributed by atoms with Gasteiger partial charge >= 0.3 is 0 Å². The van der Waals surface area contributed by atoms with Gasteiger partial charge in [0.05, 0.1) is 6.10 Å². The summed E-state index contributed by atoms with van der Waals surface area (Å²) in [7, 11) is 0. The van der Waals surface area contributed by atoms with Crippen LogP contribution < -0.4 is 5.73 Å². The molecule has 2 aliphatic carbocycles. The Kier molecular flexibility index (Phi) is 3.93. The zero-order chi connectivity index (χ0) is 11.7. The maximum absolute atomic E-state index is 9.67. The van der Waals surface area contributed by atoms with Crippen molar-refractivity contribution in [2.24, 2.45) is 23.5 Å². The van der Waals surface area contributed by atoms with Gasteiger partial charge in [-0.1, -0.05) is 13.2 Å². The van der Waals surface area contributed by atoms with Gasteiger partial charge in [-0.3, -0.25) is 0 Å². The molecule has 4 heteroatoms. The van der Waals surface area contributed by atoms with E-state index in [-0.39, 0.29) is 13.0 Å². The first-order valence-electron chi connectivity index (χ1n) is 6.69. The summed E-state index contributed by atoms with van der Waals surface area (Å²) in [5, 5.41) is 18.9. The highest BCUT2D eigenvalue weighted by molar-refractivity contribution is 6.48. The van der Waals surface area contributed by atoms with Gasteiger partial charge in [0.1, 0.15) is 0 Å². The summed E-state index contributed by atoms with van der Waals surface area (Å²) >= 11 is 0. The molecular formula is C12H24BNO2. The summed E-state index contributed by atoms with van der Waals surface area (Å²) in [5.41, 5.74) is 6.19. The molecule has 2 aliphatic rings. The largest absolute Gasteiger partial charge is 0.451 e. The van der Waals surface area contributed by atoms with Crippen LogP contribution in [0, 0.1) is 17.8 Å². The van der Waals surface area contributed by atoms with Crippen LogP contribution in [0.2, 0.25) is 13.1 Å². The number of hydrogen-bond acceptors (Lipinski definition) is 3. The monoisotopic (exact) mass is 225 g/mol. The average Bonchev–Trinajstić information content (AvgIpc) is 2.64. The van der Waals surface area contributed by atoms with Crippen LogP contribution in [0.25, 0.3) is 0 Å². The van der Waals surface area contributed by atoms with Gasteiger partial charge in [-0.05, 0) is 49.8 Å². The lowest BCUT2D eigenvalue weighted by Gasteiger charge is -2.22. The lowest BCUT2D eigenvalue weighted by molar-refractivity contribution is 0.163. The third-order valence-corrected chi connectivity index (χ3v) is 4.56. The van der Waals surface area contributed by atoms with Crippen LogP contribution in [0.4, 0.5) is 0 Å². The second-order valence-electron chi connectivity index (χ2n) is 5.89. The van der Waals surface area contributed by atoms with E-state index in [9.17, 15) is 10.1 Å². The molecule has 0 aromatic rings. The zero-order valence-electron chi connectivity index (χ0n) is 10.2. The number of nitrogens with two attached hydrogens (primary N) is 1. The van der Waals surface area contributed by atoms with Gasteiger partial charge in [0.2, 0.25) is 0 Å². The van der Waals surface area contributed by atoms with Crippen LogP contribution in [-0.2, 0) is 0 Å². The van der Waals surface area contributed by atoms with Gasteiger partial charge in [-0.2, -0.15) is 0 Å². The Bertz CT molecular complexity index is 237. The number of hydrogen-bond donors (Lipinski definition) is 3. The fourth-order valence-corrected chi connectivity index (χ4v) is 3.84. The van der Waals surface area contributed by atoms with E-state index >= 15 is 0 Å². The molecule has 5 unspecified atom stereocenters. The molecule has 0 radical (unpaired) electrons. The van der Waals surface area contributed by atoms with Crippen LogP contribution >= 0.6 is 0 Å². The Morgan fingerprint density at radius 3 is 2.75 bits per heavy atom. The van der Waals surface area contributed by atoms with Crippen LogP contribution in [0.15, 0.2) is 0 Å². The van der Waals surface area contributed by atoms with Crippen molar-refractivity contribution in [1.29, 1.82) is 0 Å². The van der Waals surface area contributed by atoms with Crippen molar-refractivity contribution in [1.82, 2.24) is 0 Å². The predicted molar refractivity (Wildman–Crippen MR) is 66.2 cm³/mol. The standard InChI is InChI=1S/C12H24BNO2/c1-13(16)4-2-3-10-11-7-9(15)5-8(11)6-12(10)14/h8-12,15-16H,2-7,14H2,1H3. The highest BCUT2D eigenvalue weighted by Crippen LogP contribution is 2.48. The van der Waals surface area contributed by atoms with Crippen molar-refractivity contribution in [2.75, 3.05) is 0 Å². The van der Waals surface area contributed by atoms with Crippen molar-refractivity contribution < 1.29 is 10.1 Å². The molecule has 0 aromatic heterocycles. The second kappa shape index (κ2) is 5.07. The average molecular weight is 225 g/mol. The van der Waals surface area contributed by atoms with Gasteiger partial charge in [0.25, 0.3) is 6.92 Å². The summed E-state index contributed by atoms with van der Waals surface area (Å²) in [4.78, 5) is 0. The van der Waals surface area contributed by atoms with Crippen LogP contribution in [0.1, 0.15) is 32.1 Å². The van der Waals surface area contributed by atoms with E-state index in [1.54, 1.807) is 0 Å². The smallest absolute Gasteiger partial charge is 0.285 e. The maximum atomic E-state index is 9.67. The molecule has 0 spiro atoms. The Balaban J connectivity index is 1.83. The van der Waals surface area contributed by atoms with Gasteiger partial charge in [-0.25, -0.2) is 0 Å². The maximum Gasteiger partial charge on any atom is 0.285 e. The molecule has 2 saturated carbocycles. The van der Waals surface area contributed by atoms with Crippen molar-refractivity contribution >= 4 is 6.92 Å². The van der Waals surface area contributed by atoms with Crippen LogP contribution in [0.5, 0.6) is 0 Å².